The van der Waals surface area contributed by atoms with Crippen molar-refractivity contribution in [2.45, 2.75) is 84.7 Å². The summed E-state index contributed by atoms with van der Waals surface area (Å²) in [6.07, 6.45) is 10.8. The van der Waals surface area contributed by atoms with Crippen LogP contribution in [0, 0.1) is 5.41 Å². The largest absolute Gasteiger partial charge is 0.393 e. The van der Waals surface area contributed by atoms with Gasteiger partial charge in [0.15, 0.2) is 0 Å². The maximum Gasteiger partial charge on any atom is 0.0605 e. The summed E-state index contributed by atoms with van der Waals surface area (Å²) in [5, 5.41) is 10.1. The first kappa shape index (κ1) is 16.9. The lowest BCUT2D eigenvalue weighted by molar-refractivity contribution is 0.0315. The van der Waals surface area contributed by atoms with Crippen LogP contribution in [0.5, 0.6) is 0 Å². The van der Waals surface area contributed by atoms with E-state index in [1.807, 2.05) is 0 Å². The molecule has 3 N–H and O–H groups in total. The van der Waals surface area contributed by atoms with Crippen LogP contribution in [-0.2, 0) is 0 Å². The molecule has 0 aromatic heterocycles. The van der Waals surface area contributed by atoms with Crippen LogP contribution in [0.25, 0.3) is 0 Å². The fourth-order valence-corrected chi connectivity index (χ4v) is 2.16. The zero-order valence-electron chi connectivity index (χ0n) is 12.2. The first-order chi connectivity index (χ1) is 8.10. The summed E-state index contributed by atoms with van der Waals surface area (Å²) < 4.78 is 0. The van der Waals surface area contributed by atoms with Crippen molar-refractivity contribution >= 4 is 0 Å². The van der Waals surface area contributed by atoms with E-state index in [2.05, 4.69) is 20.8 Å². The Morgan fingerprint density at radius 3 is 2.00 bits per heavy atom. The van der Waals surface area contributed by atoms with E-state index in [0.717, 1.165) is 19.3 Å². The summed E-state index contributed by atoms with van der Waals surface area (Å²) in [6, 6.07) is 0. The highest BCUT2D eigenvalue weighted by atomic mass is 16.3. The van der Waals surface area contributed by atoms with E-state index in [4.69, 9.17) is 5.73 Å². The van der Waals surface area contributed by atoms with Crippen LogP contribution in [-0.4, -0.2) is 17.8 Å². The van der Waals surface area contributed by atoms with Gasteiger partial charge < -0.3 is 10.8 Å². The fourth-order valence-electron chi connectivity index (χ4n) is 2.16. The molecule has 0 aromatic carbocycles. The Morgan fingerprint density at radius 2 is 1.53 bits per heavy atom. The summed E-state index contributed by atoms with van der Waals surface area (Å²) in [7, 11) is 0. The second kappa shape index (κ2) is 9.90. The van der Waals surface area contributed by atoms with Crippen molar-refractivity contribution in [3.8, 4) is 0 Å². The summed E-state index contributed by atoms with van der Waals surface area (Å²) in [6.45, 7) is 7.04. The highest BCUT2D eigenvalue weighted by molar-refractivity contribution is 4.81. The Morgan fingerprint density at radius 1 is 1.00 bits per heavy atom. The quantitative estimate of drug-likeness (QED) is 0.541. The lowest BCUT2D eigenvalue weighted by Gasteiger charge is -2.32. The smallest absolute Gasteiger partial charge is 0.0605 e. The summed E-state index contributed by atoms with van der Waals surface area (Å²) in [5.41, 5.74) is 5.66. The van der Waals surface area contributed by atoms with Gasteiger partial charge in [-0.15, -0.1) is 0 Å². The van der Waals surface area contributed by atoms with Crippen LogP contribution in [0.2, 0.25) is 0 Å². The number of aliphatic hydroxyl groups is 1. The van der Waals surface area contributed by atoms with Gasteiger partial charge in [0.2, 0.25) is 0 Å². The molecule has 0 aliphatic rings. The van der Waals surface area contributed by atoms with E-state index in [1.54, 1.807) is 0 Å². The molecule has 0 heterocycles. The monoisotopic (exact) mass is 243 g/mol. The minimum Gasteiger partial charge on any atom is -0.393 e. The van der Waals surface area contributed by atoms with Crippen LogP contribution in [0.15, 0.2) is 0 Å². The van der Waals surface area contributed by atoms with Crippen molar-refractivity contribution in [1.29, 1.82) is 0 Å². The van der Waals surface area contributed by atoms with Crippen LogP contribution in [0.1, 0.15) is 78.6 Å². The van der Waals surface area contributed by atoms with Gasteiger partial charge >= 0.3 is 0 Å². The van der Waals surface area contributed by atoms with Crippen LogP contribution in [0.4, 0.5) is 0 Å². The molecule has 104 valence electrons. The second-order valence-electron chi connectivity index (χ2n) is 5.64. The Labute approximate surface area is 108 Å². The lowest BCUT2D eigenvalue weighted by Crippen LogP contribution is -2.38. The Kier molecular flexibility index (Phi) is 9.85. The van der Waals surface area contributed by atoms with Gasteiger partial charge in [-0.05, 0) is 12.8 Å². The first-order valence-corrected chi connectivity index (χ1v) is 7.48. The van der Waals surface area contributed by atoms with Crippen molar-refractivity contribution < 1.29 is 5.11 Å². The van der Waals surface area contributed by atoms with E-state index < -0.39 is 0 Å². The van der Waals surface area contributed by atoms with Gasteiger partial charge in [0.1, 0.15) is 0 Å². The number of unbranched alkanes of at least 4 members (excludes halogenated alkanes) is 6. The van der Waals surface area contributed by atoms with Crippen molar-refractivity contribution in [1.82, 2.24) is 0 Å². The molecular formula is C15H33NO. The first-order valence-electron chi connectivity index (χ1n) is 7.48. The fraction of sp³-hybridized carbons (Fsp3) is 1.00. The van der Waals surface area contributed by atoms with Gasteiger partial charge in [-0.3, -0.25) is 0 Å². The normalized spacial score (nSPS) is 16.8. The molecule has 0 aliphatic heterocycles. The Bertz CT molecular complexity index is 166. The van der Waals surface area contributed by atoms with Gasteiger partial charge in [-0.2, -0.15) is 0 Å². The molecule has 2 unspecified atom stereocenters. The van der Waals surface area contributed by atoms with E-state index in [9.17, 15) is 5.11 Å². The lowest BCUT2D eigenvalue weighted by atomic mass is 9.79. The van der Waals surface area contributed by atoms with Crippen molar-refractivity contribution in [2.75, 3.05) is 6.54 Å². The number of aliphatic hydroxyl groups excluding tert-OH is 1. The maximum atomic E-state index is 10.1. The highest BCUT2D eigenvalue weighted by Crippen LogP contribution is 2.27. The molecule has 0 fully saturated rings. The average molecular weight is 243 g/mol. The van der Waals surface area contributed by atoms with Crippen molar-refractivity contribution in [3.05, 3.63) is 0 Å². The van der Waals surface area contributed by atoms with E-state index in [1.165, 1.54) is 38.5 Å². The molecule has 2 nitrogen and oxygen atoms in total. The molecule has 0 aliphatic carbocycles. The predicted octanol–water partition coefficient (Wildman–Crippen LogP) is 3.86. The average Bonchev–Trinajstić information content (AvgIpc) is 2.36. The van der Waals surface area contributed by atoms with Crippen molar-refractivity contribution in [3.63, 3.8) is 0 Å². The van der Waals surface area contributed by atoms with Gasteiger partial charge in [-0.1, -0.05) is 65.7 Å². The van der Waals surface area contributed by atoms with Crippen LogP contribution < -0.4 is 5.73 Å². The second-order valence-corrected chi connectivity index (χ2v) is 5.64. The summed E-state index contributed by atoms with van der Waals surface area (Å²) in [5.74, 6) is 0. The van der Waals surface area contributed by atoms with E-state index in [0.29, 0.717) is 6.54 Å². The third-order valence-electron chi connectivity index (χ3n) is 4.16. The van der Waals surface area contributed by atoms with Gasteiger partial charge in [0.25, 0.3) is 0 Å². The summed E-state index contributed by atoms with van der Waals surface area (Å²) in [4.78, 5) is 0. The molecule has 0 amide bonds. The Hall–Kier alpha value is -0.0800. The highest BCUT2D eigenvalue weighted by Gasteiger charge is 2.28. The molecule has 17 heavy (non-hydrogen) atoms. The molecular weight excluding hydrogens is 210 g/mol. The molecule has 0 saturated carbocycles. The maximum absolute atomic E-state index is 10.1. The molecule has 2 atom stereocenters. The topological polar surface area (TPSA) is 46.2 Å². The predicted molar refractivity (Wildman–Crippen MR) is 76.1 cm³/mol. The standard InChI is InChI=1S/C15H33NO/c1-4-6-7-8-9-10-11-12-14(17)15(3,5-2)13-16/h14,17H,4-13,16H2,1-3H3. The molecule has 0 saturated heterocycles. The zero-order chi connectivity index (χ0) is 13.1. The number of hydrogen-bond donors (Lipinski definition) is 2. The van der Waals surface area contributed by atoms with Gasteiger partial charge in [0, 0.05) is 12.0 Å². The van der Waals surface area contributed by atoms with E-state index >= 15 is 0 Å². The van der Waals surface area contributed by atoms with E-state index in [-0.39, 0.29) is 11.5 Å². The Balaban J connectivity index is 3.54. The molecule has 0 radical (unpaired) electrons. The third kappa shape index (κ3) is 7.05. The number of hydrogen-bond acceptors (Lipinski definition) is 2. The number of rotatable bonds is 11. The van der Waals surface area contributed by atoms with Gasteiger partial charge in [-0.25, -0.2) is 0 Å². The minimum absolute atomic E-state index is 0.0811. The molecule has 0 spiro atoms. The van der Waals surface area contributed by atoms with Crippen molar-refractivity contribution in [2.24, 2.45) is 11.1 Å². The third-order valence-corrected chi connectivity index (χ3v) is 4.16. The SMILES string of the molecule is CCCCCCCCCC(O)C(C)(CC)CN. The number of nitrogens with two attached hydrogens (primary N) is 1. The van der Waals surface area contributed by atoms with Gasteiger partial charge in [0.05, 0.1) is 6.10 Å². The molecule has 0 bridgehead atoms. The summed E-state index contributed by atoms with van der Waals surface area (Å²) >= 11 is 0. The molecule has 0 aromatic rings. The minimum atomic E-state index is -0.229. The zero-order valence-corrected chi connectivity index (χ0v) is 12.2. The molecule has 0 rings (SSSR count). The van der Waals surface area contributed by atoms with Crippen LogP contribution in [0.3, 0.4) is 0 Å². The molecule has 2 heteroatoms. The van der Waals surface area contributed by atoms with Crippen LogP contribution >= 0.6 is 0 Å².